The first-order valence-electron chi connectivity index (χ1n) is 16.5. The fourth-order valence-electron chi connectivity index (χ4n) is 6.82. The summed E-state index contributed by atoms with van der Waals surface area (Å²) in [5, 5.41) is 5.08. The predicted octanol–water partition coefficient (Wildman–Crippen LogP) is 12.4. The second kappa shape index (κ2) is 12.9. The van der Waals surface area contributed by atoms with E-state index in [1.165, 1.54) is 55.0 Å². The highest BCUT2D eigenvalue weighted by atomic mass is 15.1. The molecule has 0 aliphatic heterocycles. The maximum absolute atomic E-state index is 2.39. The van der Waals surface area contributed by atoms with E-state index in [2.05, 4.69) is 205 Å². The van der Waals surface area contributed by atoms with Crippen molar-refractivity contribution in [2.75, 3.05) is 16.8 Å². The summed E-state index contributed by atoms with van der Waals surface area (Å²) in [5.74, 6) is 0. The van der Waals surface area contributed by atoms with Gasteiger partial charge in [-0.3, -0.25) is 0 Å². The number of nitrogens with zero attached hydrogens (tertiary/aromatic N) is 2. The van der Waals surface area contributed by atoms with Gasteiger partial charge in [0.2, 0.25) is 0 Å². The van der Waals surface area contributed by atoms with E-state index in [0.29, 0.717) is 0 Å². The van der Waals surface area contributed by atoms with Crippen molar-refractivity contribution < 1.29 is 0 Å². The maximum Gasteiger partial charge on any atom is 0.0526 e. The van der Waals surface area contributed by atoms with Gasteiger partial charge in [-0.05, 0) is 81.1 Å². The summed E-state index contributed by atoms with van der Waals surface area (Å²) in [5.41, 5.74) is 10.7. The quantitative estimate of drug-likeness (QED) is 0.157. The van der Waals surface area contributed by atoms with Crippen molar-refractivity contribution in [1.29, 1.82) is 0 Å². The molecule has 0 aliphatic carbocycles. The van der Waals surface area contributed by atoms with Gasteiger partial charge in [-0.1, -0.05) is 146 Å². The molecule has 2 heteroatoms. The van der Waals surface area contributed by atoms with Gasteiger partial charge < -0.3 is 9.80 Å². The molecule has 8 aromatic rings. The van der Waals surface area contributed by atoms with Crippen LogP contribution in [-0.2, 0) is 6.54 Å². The smallest absolute Gasteiger partial charge is 0.0526 e. The molecule has 0 radical (unpaired) electrons. The molecule has 0 saturated carbocycles. The number of hydrogen-bond donors (Lipinski definition) is 0. The van der Waals surface area contributed by atoms with Gasteiger partial charge in [0.15, 0.2) is 0 Å². The second-order valence-electron chi connectivity index (χ2n) is 12.4. The number of fused-ring (bicyclic) bond motifs is 2. The van der Waals surface area contributed by atoms with Crippen LogP contribution < -0.4 is 9.80 Å². The molecule has 0 unspecified atom stereocenters. The summed E-state index contributed by atoms with van der Waals surface area (Å²) in [4.78, 5) is 4.73. The van der Waals surface area contributed by atoms with Crippen molar-refractivity contribution in [1.82, 2.24) is 0 Å². The number of hydrogen-bond acceptors (Lipinski definition) is 2. The number of rotatable bonds is 8. The molecule has 8 aromatic carbocycles. The third-order valence-corrected chi connectivity index (χ3v) is 9.20. The molecule has 0 saturated heterocycles. The fraction of sp³-hybridized carbons (Fsp3) is 0.0435. The van der Waals surface area contributed by atoms with E-state index in [9.17, 15) is 0 Å². The zero-order valence-electron chi connectivity index (χ0n) is 27.0. The maximum atomic E-state index is 2.39. The Morgan fingerprint density at radius 2 is 0.750 bits per heavy atom. The first kappa shape index (κ1) is 29.3. The Morgan fingerprint density at radius 1 is 0.375 bits per heavy atom. The first-order chi connectivity index (χ1) is 23.7. The Hall–Kier alpha value is -6.12. The summed E-state index contributed by atoms with van der Waals surface area (Å²) in [6.45, 7) is 0.801. The average molecular weight is 617 g/mol. The minimum absolute atomic E-state index is 0.801. The van der Waals surface area contributed by atoms with E-state index >= 15 is 0 Å². The van der Waals surface area contributed by atoms with Gasteiger partial charge in [-0.2, -0.15) is 0 Å². The van der Waals surface area contributed by atoms with Crippen LogP contribution in [0.2, 0.25) is 0 Å². The molecule has 0 amide bonds. The van der Waals surface area contributed by atoms with Crippen LogP contribution in [0.25, 0.3) is 43.8 Å². The number of anilines is 4. The van der Waals surface area contributed by atoms with Crippen LogP contribution in [0.1, 0.15) is 5.56 Å². The molecular formula is C46H36N2. The lowest BCUT2D eigenvalue weighted by molar-refractivity contribution is 0.932. The van der Waals surface area contributed by atoms with E-state index < -0.39 is 0 Å². The molecule has 0 spiro atoms. The normalized spacial score (nSPS) is 11.1. The van der Waals surface area contributed by atoms with Crippen molar-refractivity contribution >= 4 is 44.3 Å². The van der Waals surface area contributed by atoms with Crippen LogP contribution in [0.4, 0.5) is 22.7 Å². The van der Waals surface area contributed by atoms with Crippen molar-refractivity contribution in [2.45, 2.75) is 6.54 Å². The van der Waals surface area contributed by atoms with E-state index in [4.69, 9.17) is 0 Å². The lowest BCUT2D eigenvalue weighted by Gasteiger charge is -2.27. The topological polar surface area (TPSA) is 6.48 Å². The van der Waals surface area contributed by atoms with Crippen molar-refractivity contribution in [3.8, 4) is 22.3 Å². The second-order valence-corrected chi connectivity index (χ2v) is 12.4. The van der Waals surface area contributed by atoms with E-state index in [-0.39, 0.29) is 0 Å². The van der Waals surface area contributed by atoms with Crippen LogP contribution in [0.15, 0.2) is 188 Å². The average Bonchev–Trinajstić information content (AvgIpc) is 3.16. The highest BCUT2D eigenvalue weighted by Gasteiger charge is 2.15. The lowest BCUT2D eigenvalue weighted by atomic mass is 10.00. The Bertz CT molecular complexity index is 2150. The number of benzene rings is 8. The third-order valence-electron chi connectivity index (χ3n) is 9.20. The van der Waals surface area contributed by atoms with Gasteiger partial charge >= 0.3 is 0 Å². The largest absolute Gasteiger partial charge is 0.369 e. The van der Waals surface area contributed by atoms with Crippen LogP contribution in [0.5, 0.6) is 0 Å². The molecule has 0 fully saturated rings. The Kier molecular flexibility index (Phi) is 7.90. The Morgan fingerprint density at radius 3 is 1.21 bits per heavy atom. The van der Waals surface area contributed by atoms with Gasteiger partial charge in [0.05, 0.1) is 5.69 Å². The first-order valence-corrected chi connectivity index (χ1v) is 16.5. The van der Waals surface area contributed by atoms with Crippen molar-refractivity contribution in [2.24, 2.45) is 0 Å². The van der Waals surface area contributed by atoms with Crippen LogP contribution in [-0.4, -0.2) is 7.05 Å². The fourth-order valence-corrected chi connectivity index (χ4v) is 6.82. The summed E-state index contributed by atoms with van der Waals surface area (Å²) in [6.07, 6.45) is 0. The van der Waals surface area contributed by atoms with Gasteiger partial charge in [-0.15, -0.1) is 0 Å². The molecule has 0 atom stereocenters. The standard InChI is InChI=1S/C46H36N2/c1-47(46-44-18-10-8-16-39(44)32-40-17-9-11-19-45(40)46)33-34-20-26-41(27-21-34)48(42-28-22-37(23-29-42)35-12-4-2-5-13-35)43-30-24-38(25-31-43)36-14-6-3-7-15-36/h2-32H,33H2,1H3. The summed E-state index contributed by atoms with van der Waals surface area (Å²) in [7, 11) is 2.21. The van der Waals surface area contributed by atoms with Gasteiger partial charge in [0.25, 0.3) is 0 Å². The summed E-state index contributed by atoms with van der Waals surface area (Å²) in [6, 6.07) is 67.6. The molecule has 0 bridgehead atoms. The molecule has 0 aliphatic rings. The lowest BCUT2D eigenvalue weighted by Crippen LogP contribution is -2.17. The van der Waals surface area contributed by atoms with Crippen LogP contribution >= 0.6 is 0 Å². The van der Waals surface area contributed by atoms with Gasteiger partial charge in [0.1, 0.15) is 0 Å². The minimum atomic E-state index is 0.801. The molecule has 0 aromatic heterocycles. The summed E-state index contributed by atoms with van der Waals surface area (Å²) < 4.78 is 0. The minimum Gasteiger partial charge on any atom is -0.369 e. The van der Waals surface area contributed by atoms with Crippen LogP contribution in [0, 0.1) is 0 Å². The van der Waals surface area contributed by atoms with E-state index in [0.717, 1.165) is 23.6 Å². The molecule has 8 rings (SSSR count). The Balaban J connectivity index is 1.13. The third kappa shape index (κ3) is 5.81. The molecule has 48 heavy (non-hydrogen) atoms. The Labute approximate surface area is 282 Å². The van der Waals surface area contributed by atoms with Gasteiger partial charge in [0, 0.05) is 41.4 Å². The molecule has 2 nitrogen and oxygen atoms in total. The zero-order chi connectivity index (χ0) is 32.3. The van der Waals surface area contributed by atoms with Crippen molar-refractivity contribution in [3.05, 3.63) is 194 Å². The van der Waals surface area contributed by atoms with E-state index in [1.54, 1.807) is 0 Å². The molecule has 0 heterocycles. The van der Waals surface area contributed by atoms with Crippen molar-refractivity contribution in [3.63, 3.8) is 0 Å². The van der Waals surface area contributed by atoms with Gasteiger partial charge in [-0.25, -0.2) is 0 Å². The molecular weight excluding hydrogens is 581 g/mol. The highest BCUT2D eigenvalue weighted by molar-refractivity contribution is 6.11. The summed E-state index contributed by atoms with van der Waals surface area (Å²) >= 11 is 0. The molecule has 0 N–H and O–H groups in total. The SMILES string of the molecule is CN(Cc1ccc(N(c2ccc(-c3ccccc3)cc2)c2ccc(-c3ccccc3)cc2)cc1)c1c2ccccc2cc2ccccc12. The predicted molar refractivity (Wildman–Crippen MR) is 206 cm³/mol. The van der Waals surface area contributed by atoms with Crippen LogP contribution in [0.3, 0.4) is 0 Å². The monoisotopic (exact) mass is 616 g/mol. The highest BCUT2D eigenvalue weighted by Crippen LogP contribution is 2.38. The zero-order valence-corrected chi connectivity index (χ0v) is 27.0. The molecule has 230 valence electrons. The van der Waals surface area contributed by atoms with E-state index in [1.807, 2.05) is 0 Å².